The zero-order valence-corrected chi connectivity index (χ0v) is 14.7. The van der Waals surface area contributed by atoms with Gasteiger partial charge in [0.15, 0.2) is 0 Å². The zero-order chi connectivity index (χ0) is 18.7. The molecule has 1 aromatic heterocycles. The van der Waals surface area contributed by atoms with Gasteiger partial charge in [-0.15, -0.1) is 0 Å². The molecule has 0 bridgehead atoms. The fraction of sp³-hybridized carbons (Fsp3) is 0.421. The van der Waals surface area contributed by atoms with Crippen LogP contribution >= 0.6 is 0 Å². The molecule has 1 saturated heterocycles. The Balaban J connectivity index is 1.88. The lowest BCUT2D eigenvalue weighted by Gasteiger charge is -2.39. The van der Waals surface area contributed by atoms with Crippen LogP contribution in [0.15, 0.2) is 30.5 Å². The Morgan fingerprint density at radius 3 is 3.04 bits per heavy atom. The van der Waals surface area contributed by atoms with E-state index in [0.717, 1.165) is 24.0 Å². The van der Waals surface area contributed by atoms with Crippen LogP contribution in [-0.4, -0.2) is 47.8 Å². The van der Waals surface area contributed by atoms with Crippen LogP contribution in [0.5, 0.6) is 0 Å². The molecular formula is C19H23N5O2. The summed E-state index contributed by atoms with van der Waals surface area (Å²) in [6.07, 6.45) is 2.54. The van der Waals surface area contributed by atoms with Crippen LogP contribution in [0.25, 0.3) is 10.9 Å². The maximum Gasteiger partial charge on any atom is 0.239 e. The molecule has 2 heterocycles. The first kappa shape index (κ1) is 18.1. The van der Waals surface area contributed by atoms with Crippen molar-refractivity contribution in [2.24, 2.45) is 11.7 Å². The number of amides is 1. The van der Waals surface area contributed by atoms with Gasteiger partial charge in [-0.2, -0.15) is 5.26 Å². The average molecular weight is 353 g/mol. The predicted molar refractivity (Wildman–Crippen MR) is 99.4 cm³/mol. The monoisotopic (exact) mass is 353 g/mol. The molecule has 1 fully saturated rings. The van der Waals surface area contributed by atoms with E-state index >= 15 is 0 Å². The number of aliphatic hydroxyl groups excluding tert-OH is 1. The Morgan fingerprint density at radius 1 is 1.50 bits per heavy atom. The summed E-state index contributed by atoms with van der Waals surface area (Å²) in [4.78, 5) is 18.6. The van der Waals surface area contributed by atoms with Gasteiger partial charge in [-0.3, -0.25) is 9.78 Å². The largest absolute Gasteiger partial charge is 0.394 e. The first-order valence-corrected chi connectivity index (χ1v) is 8.73. The molecule has 1 amide bonds. The Labute approximate surface area is 152 Å². The van der Waals surface area contributed by atoms with Crippen molar-refractivity contribution in [3.8, 4) is 6.07 Å². The van der Waals surface area contributed by atoms with Crippen LogP contribution in [0, 0.1) is 17.2 Å². The van der Waals surface area contributed by atoms with Crippen LogP contribution in [0.3, 0.4) is 0 Å². The summed E-state index contributed by atoms with van der Waals surface area (Å²) >= 11 is 0. The number of fused-ring (bicyclic) bond motifs is 1. The van der Waals surface area contributed by atoms with E-state index in [1.54, 1.807) is 12.3 Å². The Bertz CT molecular complexity index is 847. The second-order valence-corrected chi connectivity index (χ2v) is 6.88. The number of nitrogens with zero attached hydrogens (tertiary/aromatic N) is 3. The van der Waals surface area contributed by atoms with Crippen molar-refractivity contribution < 1.29 is 9.90 Å². The number of aromatic nitrogens is 1. The maximum atomic E-state index is 12.0. The number of anilines is 1. The molecule has 7 heteroatoms. The number of rotatable bonds is 4. The number of carbonyl (C=O) groups excluding carboxylic acids is 1. The molecule has 7 nitrogen and oxygen atoms in total. The predicted octanol–water partition coefficient (Wildman–Crippen LogP) is 0.757. The van der Waals surface area contributed by atoms with Crippen LogP contribution in [-0.2, 0) is 4.79 Å². The van der Waals surface area contributed by atoms with Crippen molar-refractivity contribution >= 4 is 22.5 Å². The molecular weight excluding hydrogens is 330 g/mol. The third-order valence-electron chi connectivity index (χ3n) is 4.75. The minimum absolute atomic E-state index is 0.0498. The number of pyridine rings is 1. The summed E-state index contributed by atoms with van der Waals surface area (Å²) in [7, 11) is 0. The standard InChI is InChI=1S/C19H23N5O2/c1-12-7-14(23-19(26)16(21)11-25)10-24(9-12)17-5-4-13(8-20)18-15(17)3-2-6-22-18/h2-6,12,14,16,25H,7,9-11,21H2,1H3,(H,23,26). The zero-order valence-electron chi connectivity index (χ0n) is 14.7. The van der Waals surface area contributed by atoms with Gasteiger partial charge in [0.05, 0.1) is 17.7 Å². The fourth-order valence-corrected chi connectivity index (χ4v) is 3.57. The van der Waals surface area contributed by atoms with Crippen molar-refractivity contribution in [1.82, 2.24) is 10.3 Å². The number of hydrogen-bond acceptors (Lipinski definition) is 6. The van der Waals surface area contributed by atoms with Gasteiger partial charge in [0, 0.05) is 36.4 Å². The van der Waals surface area contributed by atoms with Gasteiger partial charge in [0.2, 0.25) is 5.91 Å². The molecule has 4 N–H and O–H groups in total. The highest BCUT2D eigenvalue weighted by atomic mass is 16.3. The Hall–Kier alpha value is -2.69. The summed E-state index contributed by atoms with van der Waals surface area (Å²) in [5.41, 5.74) is 7.85. The molecule has 0 aliphatic carbocycles. The normalized spacial score (nSPS) is 21.2. The lowest BCUT2D eigenvalue weighted by Crippen LogP contribution is -2.54. The van der Waals surface area contributed by atoms with Gasteiger partial charge in [-0.25, -0.2) is 0 Å². The minimum Gasteiger partial charge on any atom is -0.394 e. The van der Waals surface area contributed by atoms with Crippen molar-refractivity contribution in [2.75, 3.05) is 24.6 Å². The molecule has 1 aromatic carbocycles. The van der Waals surface area contributed by atoms with Gasteiger partial charge in [-0.1, -0.05) is 6.92 Å². The highest BCUT2D eigenvalue weighted by Gasteiger charge is 2.28. The average Bonchev–Trinajstić information content (AvgIpc) is 2.65. The molecule has 0 saturated carbocycles. The van der Waals surface area contributed by atoms with Crippen LogP contribution < -0.4 is 16.0 Å². The van der Waals surface area contributed by atoms with E-state index in [2.05, 4.69) is 28.2 Å². The molecule has 136 valence electrons. The molecule has 0 radical (unpaired) electrons. The van der Waals surface area contributed by atoms with Crippen molar-refractivity contribution in [2.45, 2.75) is 25.4 Å². The van der Waals surface area contributed by atoms with E-state index in [0.29, 0.717) is 23.5 Å². The van der Waals surface area contributed by atoms with Crippen molar-refractivity contribution in [3.05, 3.63) is 36.0 Å². The summed E-state index contributed by atoms with van der Waals surface area (Å²) in [6, 6.07) is 8.80. The summed E-state index contributed by atoms with van der Waals surface area (Å²) in [6.45, 7) is 3.27. The smallest absolute Gasteiger partial charge is 0.239 e. The quantitative estimate of drug-likeness (QED) is 0.747. The van der Waals surface area contributed by atoms with Crippen LogP contribution in [0.1, 0.15) is 18.9 Å². The van der Waals surface area contributed by atoms with Gasteiger partial charge < -0.3 is 21.1 Å². The number of nitrogens with two attached hydrogens (primary N) is 1. The van der Waals surface area contributed by atoms with Gasteiger partial charge >= 0.3 is 0 Å². The Morgan fingerprint density at radius 2 is 2.31 bits per heavy atom. The van der Waals surface area contributed by atoms with Crippen LogP contribution in [0.2, 0.25) is 0 Å². The number of benzene rings is 1. The molecule has 3 atom stereocenters. The van der Waals surface area contributed by atoms with Gasteiger partial charge in [-0.05, 0) is 36.6 Å². The molecule has 3 rings (SSSR count). The first-order valence-electron chi connectivity index (χ1n) is 8.73. The number of piperidine rings is 1. The molecule has 0 spiro atoms. The minimum atomic E-state index is -0.902. The van der Waals surface area contributed by atoms with Gasteiger partial charge in [0.1, 0.15) is 12.1 Å². The molecule has 26 heavy (non-hydrogen) atoms. The lowest BCUT2D eigenvalue weighted by molar-refractivity contribution is -0.124. The Kier molecular flexibility index (Phi) is 5.35. The fourth-order valence-electron chi connectivity index (χ4n) is 3.57. The van der Waals surface area contributed by atoms with Crippen LogP contribution in [0.4, 0.5) is 5.69 Å². The number of hydrogen-bond donors (Lipinski definition) is 3. The van der Waals surface area contributed by atoms with Crippen molar-refractivity contribution in [3.63, 3.8) is 0 Å². The van der Waals surface area contributed by atoms with E-state index < -0.39 is 6.04 Å². The third-order valence-corrected chi connectivity index (χ3v) is 4.75. The topological polar surface area (TPSA) is 115 Å². The highest BCUT2D eigenvalue weighted by Crippen LogP contribution is 2.31. The summed E-state index contributed by atoms with van der Waals surface area (Å²) < 4.78 is 0. The van der Waals surface area contributed by atoms with E-state index in [1.165, 1.54) is 0 Å². The van der Waals surface area contributed by atoms with Gasteiger partial charge in [0.25, 0.3) is 0 Å². The second kappa shape index (κ2) is 7.68. The number of aliphatic hydroxyl groups is 1. The molecule has 1 aliphatic rings. The third kappa shape index (κ3) is 3.62. The first-order chi connectivity index (χ1) is 12.5. The van der Waals surface area contributed by atoms with E-state index in [1.807, 2.05) is 18.2 Å². The lowest BCUT2D eigenvalue weighted by atomic mass is 9.94. The second-order valence-electron chi connectivity index (χ2n) is 6.88. The summed E-state index contributed by atoms with van der Waals surface area (Å²) in [5, 5.41) is 22.2. The van der Waals surface area contributed by atoms with E-state index in [-0.39, 0.29) is 18.6 Å². The van der Waals surface area contributed by atoms with E-state index in [9.17, 15) is 10.1 Å². The highest BCUT2D eigenvalue weighted by molar-refractivity contribution is 5.95. The number of carbonyl (C=O) groups is 1. The summed E-state index contributed by atoms with van der Waals surface area (Å²) in [5.74, 6) is 0.0414. The van der Waals surface area contributed by atoms with Crippen molar-refractivity contribution in [1.29, 1.82) is 5.26 Å². The SMILES string of the molecule is CC1CC(NC(=O)C(N)CO)CN(c2ccc(C#N)c3ncccc23)C1. The number of nitrogens with one attached hydrogen (secondary N) is 1. The molecule has 3 unspecified atom stereocenters. The van der Waals surface area contributed by atoms with E-state index in [4.69, 9.17) is 10.8 Å². The molecule has 1 aliphatic heterocycles. The number of nitriles is 1. The maximum absolute atomic E-state index is 12.0. The molecule has 2 aromatic rings.